The van der Waals surface area contributed by atoms with Crippen molar-refractivity contribution in [1.29, 1.82) is 0 Å². The molecule has 0 radical (unpaired) electrons. The van der Waals surface area contributed by atoms with Crippen LogP contribution in [0.5, 0.6) is 0 Å². The fraction of sp³-hybridized carbons (Fsp3) is 0. The predicted molar refractivity (Wildman–Crippen MR) is 27.2 cm³/mol. The van der Waals surface area contributed by atoms with Crippen LogP contribution < -0.4 is 3.95 Å². The summed E-state index contributed by atoms with van der Waals surface area (Å²) < 4.78 is 12.7. The van der Waals surface area contributed by atoms with Crippen LogP contribution in [-0.4, -0.2) is 0 Å². The van der Waals surface area contributed by atoms with Gasteiger partial charge < -0.3 is 0 Å². The van der Waals surface area contributed by atoms with E-state index in [1.165, 1.54) is 0 Å². The van der Waals surface area contributed by atoms with Gasteiger partial charge in [0.1, 0.15) is 0 Å². The SMILES string of the molecule is [F][Pt][c]1ccccc1. The molecule has 8 heavy (non-hydrogen) atoms. The van der Waals surface area contributed by atoms with Crippen LogP contribution in [0, 0.1) is 0 Å². The zero-order valence-corrected chi connectivity index (χ0v) is 6.35. The molecule has 0 spiro atoms. The normalized spacial score (nSPS) is 9.62. The molecule has 0 unspecified atom stereocenters. The van der Waals surface area contributed by atoms with Crippen molar-refractivity contribution in [3.8, 4) is 0 Å². The summed E-state index contributed by atoms with van der Waals surface area (Å²) in [5.74, 6) is 0. The van der Waals surface area contributed by atoms with Gasteiger partial charge in [-0.3, -0.25) is 0 Å². The Bertz CT molecular complexity index is 150. The van der Waals surface area contributed by atoms with Gasteiger partial charge in [0, 0.05) is 0 Å². The molecule has 0 fully saturated rings. The van der Waals surface area contributed by atoms with Gasteiger partial charge in [0.05, 0.1) is 0 Å². The number of rotatable bonds is 1. The molecular weight excluding hydrogens is 286 g/mol. The number of halogens is 1. The van der Waals surface area contributed by atoms with Crippen LogP contribution >= 0.6 is 0 Å². The molecule has 0 bridgehead atoms. The van der Waals surface area contributed by atoms with Crippen LogP contribution in [0.3, 0.4) is 0 Å². The monoisotopic (exact) mass is 291 g/mol. The number of hydrogen-bond donors (Lipinski definition) is 0. The topological polar surface area (TPSA) is 0 Å². The molecule has 0 aliphatic heterocycles. The Balaban J connectivity index is 2.83. The van der Waals surface area contributed by atoms with Gasteiger partial charge in [0.25, 0.3) is 0 Å². The molecule has 0 aliphatic carbocycles. The van der Waals surface area contributed by atoms with Gasteiger partial charge in [-0.05, 0) is 0 Å². The Kier molecular flexibility index (Phi) is 2.23. The van der Waals surface area contributed by atoms with E-state index >= 15 is 0 Å². The first-order valence-corrected chi connectivity index (χ1v) is 4.18. The molecule has 1 aromatic carbocycles. The minimum absolute atomic E-state index is 0.854. The predicted octanol–water partition coefficient (Wildman–Crippen LogP) is 1.28. The van der Waals surface area contributed by atoms with Gasteiger partial charge in [-0.15, -0.1) is 0 Å². The second kappa shape index (κ2) is 2.98. The zero-order valence-electron chi connectivity index (χ0n) is 4.08. The third kappa shape index (κ3) is 1.41. The van der Waals surface area contributed by atoms with Crippen molar-refractivity contribution < 1.29 is 22.2 Å². The molecule has 2 heteroatoms. The Morgan fingerprint density at radius 3 is 2.12 bits per heavy atom. The number of benzene rings is 1. The minimum atomic E-state index is -1.20. The second-order valence-electron chi connectivity index (χ2n) is 1.32. The molecule has 0 heterocycles. The fourth-order valence-corrected chi connectivity index (χ4v) is 1.17. The third-order valence-corrected chi connectivity index (χ3v) is 2.03. The van der Waals surface area contributed by atoms with Crippen molar-refractivity contribution in [3.63, 3.8) is 0 Å². The second-order valence-corrected chi connectivity index (χ2v) is 3.06. The average molecular weight is 291 g/mol. The van der Waals surface area contributed by atoms with Crippen molar-refractivity contribution in [2.24, 2.45) is 0 Å². The van der Waals surface area contributed by atoms with E-state index in [0.29, 0.717) is 0 Å². The van der Waals surface area contributed by atoms with Crippen molar-refractivity contribution >= 4 is 3.95 Å². The average Bonchev–Trinajstić information content (AvgIpc) is 1.90. The molecule has 0 aromatic heterocycles. The molecule has 0 atom stereocenters. The fourth-order valence-electron chi connectivity index (χ4n) is 0.443. The van der Waals surface area contributed by atoms with E-state index in [-0.39, 0.29) is 0 Å². The van der Waals surface area contributed by atoms with Crippen LogP contribution in [0.2, 0.25) is 0 Å². The Hall–Kier alpha value is -0.162. The molecule has 1 rings (SSSR count). The van der Waals surface area contributed by atoms with Crippen molar-refractivity contribution in [3.05, 3.63) is 30.3 Å². The Morgan fingerprint density at radius 1 is 1.12 bits per heavy atom. The summed E-state index contributed by atoms with van der Waals surface area (Å²) in [6.45, 7) is 0. The Morgan fingerprint density at radius 2 is 1.75 bits per heavy atom. The summed E-state index contributed by atoms with van der Waals surface area (Å²) in [7, 11) is 0. The summed E-state index contributed by atoms with van der Waals surface area (Å²) in [5, 5.41) is 0. The van der Waals surface area contributed by atoms with E-state index in [1.54, 1.807) is 0 Å². The van der Waals surface area contributed by atoms with Crippen molar-refractivity contribution in [2.75, 3.05) is 0 Å². The molecule has 0 nitrogen and oxygen atoms in total. The van der Waals surface area contributed by atoms with E-state index in [9.17, 15) is 3.16 Å². The maximum absolute atomic E-state index is 11.8. The van der Waals surface area contributed by atoms with Crippen molar-refractivity contribution in [2.45, 2.75) is 0 Å². The van der Waals surface area contributed by atoms with E-state index in [2.05, 4.69) is 0 Å². The summed E-state index contributed by atoms with van der Waals surface area (Å²) in [6, 6.07) is 9.23. The first-order chi connectivity index (χ1) is 3.93. The molecule has 46 valence electrons. The van der Waals surface area contributed by atoms with Gasteiger partial charge >= 0.3 is 56.5 Å². The van der Waals surface area contributed by atoms with E-state index in [1.807, 2.05) is 30.3 Å². The zero-order chi connectivity index (χ0) is 5.82. The molecule has 0 amide bonds. The van der Waals surface area contributed by atoms with Gasteiger partial charge in [0.15, 0.2) is 0 Å². The first kappa shape index (κ1) is 5.97. The van der Waals surface area contributed by atoms with Crippen LogP contribution in [0.25, 0.3) is 0 Å². The van der Waals surface area contributed by atoms with Crippen LogP contribution in [-0.2, 0) is 19.1 Å². The quantitative estimate of drug-likeness (QED) is 0.731. The summed E-state index contributed by atoms with van der Waals surface area (Å²) in [5.41, 5.74) is 0. The van der Waals surface area contributed by atoms with Gasteiger partial charge in [-0.2, -0.15) is 0 Å². The van der Waals surface area contributed by atoms with Crippen LogP contribution in [0.15, 0.2) is 30.3 Å². The third-order valence-electron chi connectivity index (χ3n) is 0.782. The van der Waals surface area contributed by atoms with Crippen LogP contribution in [0.4, 0.5) is 3.16 Å². The molecule has 0 aliphatic rings. The molecule has 1 aromatic rings. The molecular formula is C6H5FPt. The first-order valence-electron chi connectivity index (χ1n) is 2.19. The van der Waals surface area contributed by atoms with Gasteiger partial charge in [-0.25, -0.2) is 0 Å². The van der Waals surface area contributed by atoms with Gasteiger partial charge in [0.2, 0.25) is 0 Å². The number of hydrogen-bond acceptors (Lipinski definition) is 0. The standard InChI is InChI=1S/C6H5.FH.Pt/c1-2-4-6-5-3-1;;/h1-5H;1H;/q;;+1/p-1. The summed E-state index contributed by atoms with van der Waals surface area (Å²) in [4.78, 5) is 0. The Labute approximate surface area is 56.9 Å². The molecule has 0 N–H and O–H groups in total. The van der Waals surface area contributed by atoms with Crippen LogP contribution in [0.1, 0.15) is 0 Å². The molecule has 0 saturated carbocycles. The van der Waals surface area contributed by atoms with Crippen molar-refractivity contribution in [1.82, 2.24) is 0 Å². The van der Waals surface area contributed by atoms with Gasteiger partial charge in [-0.1, -0.05) is 0 Å². The van der Waals surface area contributed by atoms with E-state index in [4.69, 9.17) is 0 Å². The summed E-state index contributed by atoms with van der Waals surface area (Å²) in [6.07, 6.45) is 0. The molecule has 0 saturated heterocycles. The summed E-state index contributed by atoms with van der Waals surface area (Å²) >= 11 is -1.20. The van der Waals surface area contributed by atoms with E-state index in [0.717, 1.165) is 3.95 Å². The maximum atomic E-state index is 11.8. The van der Waals surface area contributed by atoms with E-state index < -0.39 is 19.1 Å².